The molecule has 0 aliphatic heterocycles. The van der Waals surface area contributed by atoms with E-state index in [1.54, 1.807) is 24.3 Å². The van der Waals surface area contributed by atoms with E-state index in [9.17, 15) is 4.79 Å². The molecule has 27 heavy (non-hydrogen) atoms. The van der Waals surface area contributed by atoms with Crippen molar-refractivity contribution in [1.29, 1.82) is 0 Å². The van der Waals surface area contributed by atoms with Crippen molar-refractivity contribution in [3.63, 3.8) is 0 Å². The molecule has 0 aliphatic rings. The Labute approximate surface area is 168 Å². The van der Waals surface area contributed by atoms with Crippen molar-refractivity contribution >= 4 is 46.2 Å². The number of hydrogen-bond acceptors (Lipinski definition) is 2. The summed E-state index contributed by atoms with van der Waals surface area (Å²) in [4.78, 5) is 12.4. The predicted molar refractivity (Wildman–Crippen MR) is 115 cm³/mol. The number of thiocarbonyl (C=S) groups is 1. The van der Waals surface area contributed by atoms with Crippen LogP contribution in [0.3, 0.4) is 0 Å². The van der Waals surface area contributed by atoms with Crippen LogP contribution in [0.1, 0.15) is 15.9 Å². The molecule has 0 heterocycles. The number of rotatable bonds is 5. The highest BCUT2D eigenvalue weighted by molar-refractivity contribution is 7.80. The van der Waals surface area contributed by atoms with E-state index in [-0.39, 0.29) is 5.91 Å². The van der Waals surface area contributed by atoms with Gasteiger partial charge in [0.15, 0.2) is 5.11 Å². The summed E-state index contributed by atoms with van der Waals surface area (Å²) in [5.41, 5.74) is 3.12. The van der Waals surface area contributed by atoms with Crippen LogP contribution >= 0.6 is 23.8 Å². The fourth-order valence-corrected chi connectivity index (χ4v) is 2.90. The summed E-state index contributed by atoms with van der Waals surface area (Å²) in [5.74, 6) is -0.142. The highest BCUT2D eigenvalue weighted by Crippen LogP contribution is 2.16. The SMILES string of the molecule is O=C(NCc1ccccc1)c1cccc(NC(=S)Nc2cccc(Cl)c2)c1. The smallest absolute Gasteiger partial charge is 0.251 e. The van der Waals surface area contributed by atoms with Crippen LogP contribution in [-0.2, 0) is 6.54 Å². The summed E-state index contributed by atoms with van der Waals surface area (Å²) < 4.78 is 0. The fraction of sp³-hybridized carbons (Fsp3) is 0.0476. The summed E-state index contributed by atoms with van der Waals surface area (Å²) in [5, 5.41) is 10.1. The van der Waals surface area contributed by atoms with Crippen LogP contribution in [0.5, 0.6) is 0 Å². The standard InChI is InChI=1S/C21H18ClN3OS/c22-17-9-5-11-19(13-17)25-21(27)24-18-10-4-8-16(12-18)20(26)23-14-15-6-2-1-3-7-15/h1-13H,14H2,(H,23,26)(H2,24,25,27). The van der Waals surface area contributed by atoms with Crippen molar-refractivity contribution in [3.05, 3.63) is 95.0 Å². The molecule has 0 saturated heterocycles. The van der Waals surface area contributed by atoms with Gasteiger partial charge in [-0.25, -0.2) is 0 Å². The zero-order valence-corrected chi connectivity index (χ0v) is 16.0. The molecule has 0 atom stereocenters. The van der Waals surface area contributed by atoms with E-state index in [4.69, 9.17) is 23.8 Å². The summed E-state index contributed by atoms with van der Waals surface area (Å²) in [6.07, 6.45) is 0. The molecule has 0 aliphatic carbocycles. The lowest BCUT2D eigenvalue weighted by Gasteiger charge is -2.12. The number of benzene rings is 3. The molecular weight excluding hydrogens is 378 g/mol. The molecule has 6 heteroatoms. The monoisotopic (exact) mass is 395 g/mol. The van der Waals surface area contributed by atoms with E-state index in [0.29, 0.717) is 22.2 Å². The summed E-state index contributed by atoms with van der Waals surface area (Å²) in [6, 6.07) is 24.2. The van der Waals surface area contributed by atoms with Crippen molar-refractivity contribution in [1.82, 2.24) is 5.32 Å². The van der Waals surface area contributed by atoms with Crippen LogP contribution in [0, 0.1) is 0 Å². The third-order valence-electron chi connectivity index (χ3n) is 3.76. The molecule has 0 bridgehead atoms. The van der Waals surface area contributed by atoms with Gasteiger partial charge in [0.25, 0.3) is 5.91 Å². The number of hydrogen-bond donors (Lipinski definition) is 3. The number of carbonyl (C=O) groups is 1. The van der Waals surface area contributed by atoms with Gasteiger partial charge < -0.3 is 16.0 Å². The first-order chi connectivity index (χ1) is 13.1. The van der Waals surface area contributed by atoms with Crippen LogP contribution in [0.15, 0.2) is 78.9 Å². The van der Waals surface area contributed by atoms with Crippen molar-refractivity contribution < 1.29 is 4.79 Å². The van der Waals surface area contributed by atoms with E-state index in [0.717, 1.165) is 16.9 Å². The van der Waals surface area contributed by atoms with Crippen molar-refractivity contribution in [3.8, 4) is 0 Å². The molecule has 4 nitrogen and oxygen atoms in total. The number of halogens is 1. The molecule has 0 unspecified atom stereocenters. The first kappa shape index (κ1) is 18.9. The van der Waals surface area contributed by atoms with Gasteiger partial charge in [-0.3, -0.25) is 4.79 Å². The maximum Gasteiger partial charge on any atom is 0.251 e. The third kappa shape index (κ3) is 5.81. The van der Waals surface area contributed by atoms with Gasteiger partial charge in [-0.15, -0.1) is 0 Å². The van der Waals surface area contributed by atoms with Crippen LogP contribution < -0.4 is 16.0 Å². The van der Waals surface area contributed by atoms with Gasteiger partial charge in [0.1, 0.15) is 0 Å². The Balaban J connectivity index is 1.59. The van der Waals surface area contributed by atoms with Gasteiger partial charge in [-0.05, 0) is 54.2 Å². The Bertz CT molecular complexity index is 947. The Morgan fingerprint density at radius 3 is 2.22 bits per heavy atom. The van der Waals surface area contributed by atoms with Crippen molar-refractivity contribution in [2.24, 2.45) is 0 Å². The minimum atomic E-state index is -0.142. The Morgan fingerprint density at radius 1 is 0.852 bits per heavy atom. The second-order valence-electron chi connectivity index (χ2n) is 5.84. The largest absolute Gasteiger partial charge is 0.348 e. The van der Waals surface area contributed by atoms with Crippen LogP contribution in [0.4, 0.5) is 11.4 Å². The Kier molecular flexibility index (Phi) is 6.41. The molecule has 3 rings (SSSR count). The second-order valence-corrected chi connectivity index (χ2v) is 6.68. The maximum absolute atomic E-state index is 12.4. The molecule has 136 valence electrons. The number of carbonyl (C=O) groups excluding carboxylic acids is 1. The quantitative estimate of drug-likeness (QED) is 0.527. The first-order valence-corrected chi connectivity index (χ1v) is 9.14. The first-order valence-electron chi connectivity index (χ1n) is 8.36. The van der Waals surface area contributed by atoms with Crippen LogP contribution in [0.25, 0.3) is 0 Å². The van der Waals surface area contributed by atoms with Crippen LogP contribution in [0.2, 0.25) is 5.02 Å². The minimum absolute atomic E-state index is 0.142. The summed E-state index contributed by atoms with van der Waals surface area (Å²) >= 11 is 11.3. The topological polar surface area (TPSA) is 53.2 Å². The van der Waals surface area contributed by atoms with Gasteiger partial charge in [-0.2, -0.15) is 0 Å². The normalized spacial score (nSPS) is 10.1. The zero-order chi connectivity index (χ0) is 19.1. The van der Waals surface area contributed by atoms with E-state index >= 15 is 0 Å². The molecule has 0 fully saturated rings. The highest BCUT2D eigenvalue weighted by Gasteiger charge is 2.07. The van der Waals surface area contributed by atoms with Crippen LogP contribution in [-0.4, -0.2) is 11.0 Å². The third-order valence-corrected chi connectivity index (χ3v) is 4.20. The number of amides is 1. The lowest BCUT2D eigenvalue weighted by atomic mass is 10.1. The molecule has 3 N–H and O–H groups in total. The van der Waals surface area contributed by atoms with E-state index in [2.05, 4.69) is 16.0 Å². The van der Waals surface area contributed by atoms with Gasteiger partial charge in [0.05, 0.1) is 0 Å². The minimum Gasteiger partial charge on any atom is -0.348 e. The molecule has 0 aromatic heterocycles. The van der Waals surface area contributed by atoms with E-state index < -0.39 is 0 Å². The average Bonchev–Trinajstić information content (AvgIpc) is 2.67. The van der Waals surface area contributed by atoms with Gasteiger partial charge >= 0.3 is 0 Å². The number of anilines is 2. The van der Waals surface area contributed by atoms with Gasteiger partial charge in [0, 0.05) is 28.5 Å². The predicted octanol–water partition coefficient (Wildman–Crippen LogP) is 5.08. The molecule has 0 radical (unpaired) electrons. The molecule has 1 amide bonds. The molecule has 3 aromatic carbocycles. The molecule has 0 saturated carbocycles. The molecular formula is C21H18ClN3OS. The number of nitrogens with one attached hydrogen (secondary N) is 3. The van der Waals surface area contributed by atoms with Crippen molar-refractivity contribution in [2.75, 3.05) is 10.6 Å². The fourth-order valence-electron chi connectivity index (χ4n) is 2.48. The zero-order valence-electron chi connectivity index (χ0n) is 14.4. The van der Waals surface area contributed by atoms with E-state index in [1.807, 2.05) is 54.6 Å². The van der Waals surface area contributed by atoms with Gasteiger partial charge in [-0.1, -0.05) is 54.1 Å². The average molecular weight is 396 g/mol. The Hall–Kier alpha value is -2.89. The van der Waals surface area contributed by atoms with Crippen molar-refractivity contribution in [2.45, 2.75) is 6.54 Å². The van der Waals surface area contributed by atoms with Gasteiger partial charge in [0.2, 0.25) is 0 Å². The molecule has 3 aromatic rings. The summed E-state index contributed by atoms with van der Waals surface area (Å²) in [7, 11) is 0. The second kappa shape index (κ2) is 9.16. The Morgan fingerprint density at radius 2 is 1.52 bits per heavy atom. The lowest BCUT2D eigenvalue weighted by molar-refractivity contribution is 0.0951. The molecule has 0 spiro atoms. The lowest BCUT2D eigenvalue weighted by Crippen LogP contribution is -2.23. The highest BCUT2D eigenvalue weighted by atomic mass is 35.5. The van der Waals surface area contributed by atoms with E-state index in [1.165, 1.54) is 0 Å². The maximum atomic E-state index is 12.4. The summed E-state index contributed by atoms with van der Waals surface area (Å²) in [6.45, 7) is 0.478.